The van der Waals surface area contributed by atoms with E-state index in [0.717, 1.165) is 37.8 Å². The lowest BCUT2D eigenvalue weighted by Crippen LogP contribution is -2.51. The van der Waals surface area contributed by atoms with Gasteiger partial charge in [0.05, 0.1) is 0 Å². The van der Waals surface area contributed by atoms with Gasteiger partial charge in [-0.15, -0.1) is 0 Å². The van der Waals surface area contributed by atoms with Gasteiger partial charge < -0.3 is 10.6 Å². The topological polar surface area (TPSA) is 46.3 Å². The summed E-state index contributed by atoms with van der Waals surface area (Å²) in [6, 6.07) is 0.383. The number of nitrogens with zero attached hydrogens (tertiary/aromatic N) is 1. The molecule has 3 saturated carbocycles. The monoisotopic (exact) mass is 290 g/mol. The van der Waals surface area contributed by atoms with Crippen molar-refractivity contribution in [1.29, 1.82) is 0 Å². The van der Waals surface area contributed by atoms with Crippen LogP contribution in [0.4, 0.5) is 0 Å². The molecule has 1 spiro atoms. The van der Waals surface area contributed by atoms with Crippen LogP contribution in [0.1, 0.15) is 64.2 Å². The minimum Gasteiger partial charge on any atom is -0.342 e. The molecule has 21 heavy (non-hydrogen) atoms. The van der Waals surface area contributed by atoms with E-state index in [2.05, 4.69) is 4.90 Å². The molecule has 2 bridgehead atoms. The van der Waals surface area contributed by atoms with Crippen LogP contribution in [0.5, 0.6) is 0 Å². The van der Waals surface area contributed by atoms with Gasteiger partial charge in [-0.05, 0) is 75.0 Å². The van der Waals surface area contributed by atoms with E-state index in [1.807, 2.05) is 0 Å². The number of likely N-dealkylation sites (tertiary alicyclic amines) is 1. The van der Waals surface area contributed by atoms with Gasteiger partial charge in [0, 0.05) is 25.0 Å². The average molecular weight is 290 g/mol. The van der Waals surface area contributed by atoms with Crippen LogP contribution >= 0.6 is 0 Å². The molecule has 0 radical (unpaired) electrons. The second-order valence-corrected chi connectivity index (χ2v) is 8.21. The Morgan fingerprint density at radius 2 is 1.86 bits per heavy atom. The van der Waals surface area contributed by atoms with Crippen LogP contribution < -0.4 is 5.73 Å². The van der Waals surface area contributed by atoms with Crippen molar-refractivity contribution in [3.8, 4) is 0 Å². The maximum atomic E-state index is 12.9. The minimum absolute atomic E-state index is 0.280. The molecule has 1 heterocycles. The summed E-state index contributed by atoms with van der Waals surface area (Å²) in [7, 11) is 0. The van der Waals surface area contributed by atoms with Crippen LogP contribution in [-0.4, -0.2) is 29.9 Å². The smallest absolute Gasteiger partial charge is 0.225 e. The largest absolute Gasteiger partial charge is 0.342 e. The van der Waals surface area contributed by atoms with Crippen LogP contribution in [-0.2, 0) is 4.79 Å². The lowest BCUT2D eigenvalue weighted by molar-refractivity contribution is -0.140. The third kappa shape index (κ3) is 2.15. The standard InChI is InChI=1S/C18H30N2O/c19-16-13-6-7-15(11-13)18(16)8-4-5-14(12-18)17(21)20-9-2-1-3-10-20/h13-16H,1-12,19H2/t13?,14-,15-,16-,18+/m0/s1. The first-order chi connectivity index (χ1) is 10.2. The van der Waals surface area contributed by atoms with Crippen LogP contribution in [0.25, 0.3) is 0 Å². The summed E-state index contributed by atoms with van der Waals surface area (Å²) >= 11 is 0. The molecule has 5 atom stereocenters. The molecule has 4 rings (SSSR count). The van der Waals surface area contributed by atoms with Crippen LogP contribution in [0.3, 0.4) is 0 Å². The molecule has 118 valence electrons. The third-order valence-electron chi connectivity index (χ3n) is 7.30. The van der Waals surface area contributed by atoms with Crippen molar-refractivity contribution in [3.05, 3.63) is 0 Å². The first-order valence-corrected chi connectivity index (χ1v) is 9.25. The van der Waals surface area contributed by atoms with Crippen molar-refractivity contribution in [2.24, 2.45) is 28.9 Å². The molecule has 3 nitrogen and oxygen atoms in total. The molecule has 2 N–H and O–H groups in total. The molecular weight excluding hydrogens is 260 g/mol. The molecule has 1 unspecified atom stereocenters. The van der Waals surface area contributed by atoms with Gasteiger partial charge in [0.1, 0.15) is 0 Å². The highest BCUT2D eigenvalue weighted by atomic mass is 16.2. The van der Waals surface area contributed by atoms with Gasteiger partial charge >= 0.3 is 0 Å². The zero-order chi connectivity index (χ0) is 14.4. The third-order valence-corrected chi connectivity index (χ3v) is 7.30. The van der Waals surface area contributed by atoms with Gasteiger partial charge in [0.2, 0.25) is 5.91 Å². The first-order valence-electron chi connectivity index (χ1n) is 9.25. The number of carbonyl (C=O) groups excluding carboxylic acids is 1. The maximum Gasteiger partial charge on any atom is 0.225 e. The Kier molecular flexibility index (Phi) is 3.52. The lowest BCUT2D eigenvalue weighted by atomic mass is 9.59. The Morgan fingerprint density at radius 3 is 2.57 bits per heavy atom. The molecular formula is C18H30N2O. The van der Waals surface area contributed by atoms with Gasteiger partial charge in [-0.3, -0.25) is 4.79 Å². The van der Waals surface area contributed by atoms with Gasteiger partial charge in [-0.1, -0.05) is 6.42 Å². The molecule has 1 saturated heterocycles. The summed E-state index contributed by atoms with van der Waals surface area (Å²) in [4.78, 5) is 15.0. The maximum absolute atomic E-state index is 12.9. The second kappa shape index (κ2) is 5.26. The predicted molar refractivity (Wildman–Crippen MR) is 83.6 cm³/mol. The van der Waals surface area contributed by atoms with E-state index in [-0.39, 0.29) is 5.92 Å². The summed E-state index contributed by atoms with van der Waals surface area (Å²) < 4.78 is 0. The molecule has 4 fully saturated rings. The number of piperidine rings is 1. The minimum atomic E-state index is 0.280. The second-order valence-electron chi connectivity index (χ2n) is 8.21. The van der Waals surface area contributed by atoms with E-state index in [0.29, 0.717) is 17.4 Å². The molecule has 3 aliphatic carbocycles. The lowest BCUT2D eigenvalue weighted by Gasteiger charge is -2.48. The molecule has 3 heteroatoms. The molecule has 0 aromatic heterocycles. The fourth-order valence-corrected chi connectivity index (χ4v) is 6.20. The predicted octanol–water partition coefficient (Wildman–Crippen LogP) is 2.93. The fourth-order valence-electron chi connectivity index (χ4n) is 6.20. The Balaban J connectivity index is 1.49. The van der Waals surface area contributed by atoms with Crippen molar-refractivity contribution in [1.82, 2.24) is 4.90 Å². The summed E-state index contributed by atoms with van der Waals surface area (Å²) in [6.45, 7) is 2.00. The zero-order valence-corrected chi connectivity index (χ0v) is 13.2. The number of hydrogen-bond acceptors (Lipinski definition) is 2. The van der Waals surface area contributed by atoms with Crippen molar-refractivity contribution in [2.45, 2.75) is 70.3 Å². The molecule has 0 aromatic carbocycles. The van der Waals surface area contributed by atoms with Gasteiger partial charge in [-0.2, -0.15) is 0 Å². The van der Waals surface area contributed by atoms with Crippen molar-refractivity contribution < 1.29 is 4.79 Å². The molecule has 1 aliphatic heterocycles. The highest BCUT2D eigenvalue weighted by molar-refractivity contribution is 5.79. The Labute approximate surface area is 128 Å². The summed E-state index contributed by atoms with van der Waals surface area (Å²) in [5.41, 5.74) is 6.98. The van der Waals surface area contributed by atoms with E-state index in [9.17, 15) is 4.79 Å². The van der Waals surface area contributed by atoms with Gasteiger partial charge in [0.15, 0.2) is 0 Å². The molecule has 0 aromatic rings. The van der Waals surface area contributed by atoms with Crippen molar-refractivity contribution >= 4 is 5.91 Å². The number of carbonyl (C=O) groups is 1. The van der Waals surface area contributed by atoms with E-state index < -0.39 is 0 Å². The van der Waals surface area contributed by atoms with Crippen molar-refractivity contribution in [3.63, 3.8) is 0 Å². The quantitative estimate of drug-likeness (QED) is 0.807. The van der Waals surface area contributed by atoms with E-state index in [1.165, 1.54) is 51.4 Å². The van der Waals surface area contributed by atoms with E-state index in [1.54, 1.807) is 0 Å². The number of hydrogen-bond donors (Lipinski definition) is 1. The van der Waals surface area contributed by atoms with E-state index in [4.69, 9.17) is 5.73 Å². The molecule has 4 aliphatic rings. The Bertz CT molecular complexity index is 413. The van der Waals surface area contributed by atoms with Crippen LogP contribution in [0, 0.1) is 23.2 Å². The number of amides is 1. The number of nitrogens with two attached hydrogens (primary N) is 1. The normalized spacial score (nSPS) is 46.2. The highest BCUT2D eigenvalue weighted by Gasteiger charge is 2.58. The summed E-state index contributed by atoms with van der Waals surface area (Å²) in [5, 5.41) is 0. The average Bonchev–Trinajstić information content (AvgIpc) is 3.11. The zero-order valence-electron chi connectivity index (χ0n) is 13.2. The number of rotatable bonds is 1. The first kappa shape index (κ1) is 14.0. The van der Waals surface area contributed by atoms with Crippen LogP contribution in [0.15, 0.2) is 0 Å². The number of fused-ring (bicyclic) bond motifs is 3. The van der Waals surface area contributed by atoms with Crippen molar-refractivity contribution in [2.75, 3.05) is 13.1 Å². The highest BCUT2D eigenvalue weighted by Crippen LogP contribution is 2.61. The SMILES string of the molecule is N[C@H]1C2CC[C@@H](C2)[C@]12CCC[C@H](C(=O)N1CCCCC1)C2. The Hall–Kier alpha value is -0.570. The summed E-state index contributed by atoms with van der Waals surface area (Å²) in [5.74, 6) is 2.33. The van der Waals surface area contributed by atoms with Crippen LogP contribution in [0.2, 0.25) is 0 Å². The Morgan fingerprint density at radius 1 is 1.05 bits per heavy atom. The van der Waals surface area contributed by atoms with Gasteiger partial charge in [-0.25, -0.2) is 0 Å². The summed E-state index contributed by atoms with van der Waals surface area (Å²) in [6.07, 6.45) is 12.5. The van der Waals surface area contributed by atoms with Gasteiger partial charge in [0.25, 0.3) is 0 Å². The van der Waals surface area contributed by atoms with E-state index >= 15 is 0 Å². The fraction of sp³-hybridized carbons (Fsp3) is 0.944. The molecule has 1 amide bonds.